The molecule has 0 amide bonds. The summed E-state index contributed by atoms with van der Waals surface area (Å²) < 4.78 is 5.87. The third kappa shape index (κ3) is 2.62. The molecule has 2 nitrogen and oxygen atoms in total. The number of hydrogen-bond acceptors (Lipinski definition) is 3. The van der Waals surface area contributed by atoms with Gasteiger partial charge in [0.2, 0.25) is 0 Å². The minimum absolute atomic E-state index is 0.0400. The fourth-order valence-corrected chi connectivity index (χ4v) is 2.32. The molecule has 1 heterocycles. The van der Waals surface area contributed by atoms with Gasteiger partial charge in [-0.3, -0.25) is 0 Å². The van der Waals surface area contributed by atoms with Gasteiger partial charge in [0.15, 0.2) is 0 Å². The van der Waals surface area contributed by atoms with Crippen molar-refractivity contribution in [3.8, 4) is 5.75 Å². The first kappa shape index (κ1) is 11.2. The molecule has 0 aliphatic carbocycles. The quantitative estimate of drug-likeness (QED) is 0.880. The van der Waals surface area contributed by atoms with Crippen LogP contribution in [0.25, 0.3) is 0 Å². The van der Waals surface area contributed by atoms with Crippen molar-refractivity contribution in [1.29, 1.82) is 0 Å². The fourth-order valence-electron chi connectivity index (χ4n) is 1.55. The molecule has 1 atom stereocenters. The molecule has 2 rings (SSSR count). The van der Waals surface area contributed by atoms with E-state index in [1.165, 1.54) is 10.4 Å². The summed E-state index contributed by atoms with van der Waals surface area (Å²) in [5.41, 5.74) is 6.93. The Kier molecular flexibility index (Phi) is 3.59. The number of rotatable bonds is 4. The Balaban J connectivity index is 2.13. The van der Waals surface area contributed by atoms with Crippen LogP contribution in [0.4, 0.5) is 0 Å². The van der Waals surface area contributed by atoms with Crippen LogP contribution in [0.3, 0.4) is 0 Å². The summed E-state index contributed by atoms with van der Waals surface area (Å²) in [7, 11) is 0. The first-order valence-electron chi connectivity index (χ1n) is 5.26. The SMILES string of the molecule is Cc1cccc(OC(CN)c2cccs2)c1. The van der Waals surface area contributed by atoms with Gasteiger partial charge in [0.1, 0.15) is 11.9 Å². The molecule has 2 N–H and O–H groups in total. The summed E-state index contributed by atoms with van der Waals surface area (Å²) in [5, 5.41) is 2.04. The molecule has 1 aromatic carbocycles. The highest BCUT2D eigenvalue weighted by molar-refractivity contribution is 7.10. The van der Waals surface area contributed by atoms with E-state index in [-0.39, 0.29) is 6.10 Å². The average Bonchev–Trinajstić information content (AvgIpc) is 2.79. The predicted octanol–water partition coefficient (Wildman–Crippen LogP) is 3.14. The Morgan fingerprint density at radius 2 is 2.19 bits per heavy atom. The van der Waals surface area contributed by atoms with Crippen molar-refractivity contribution in [2.75, 3.05) is 6.54 Å². The van der Waals surface area contributed by atoms with Gasteiger partial charge in [-0.25, -0.2) is 0 Å². The molecule has 0 saturated heterocycles. The Bertz CT molecular complexity index is 439. The Morgan fingerprint density at radius 1 is 1.31 bits per heavy atom. The van der Waals surface area contributed by atoms with E-state index in [0.29, 0.717) is 6.54 Å². The van der Waals surface area contributed by atoms with Crippen LogP contribution in [-0.2, 0) is 0 Å². The van der Waals surface area contributed by atoms with E-state index >= 15 is 0 Å². The molecule has 1 unspecified atom stereocenters. The van der Waals surface area contributed by atoms with Crippen LogP contribution in [0, 0.1) is 6.92 Å². The maximum absolute atomic E-state index is 5.87. The molecule has 16 heavy (non-hydrogen) atoms. The van der Waals surface area contributed by atoms with E-state index in [0.717, 1.165) is 5.75 Å². The number of ether oxygens (including phenoxy) is 1. The van der Waals surface area contributed by atoms with Crippen LogP contribution in [0.15, 0.2) is 41.8 Å². The summed E-state index contributed by atoms with van der Waals surface area (Å²) in [6.45, 7) is 2.55. The van der Waals surface area contributed by atoms with E-state index in [9.17, 15) is 0 Å². The summed E-state index contributed by atoms with van der Waals surface area (Å²) in [4.78, 5) is 1.17. The zero-order chi connectivity index (χ0) is 11.4. The van der Waals surface area contributed by atoms with Gasteiger partial charge in [0, 0.05) is 11.4 Å². The van der Waals surface area contributed by atoms with Gasteiger partial charge >= 0.3 is 0 Å². The largest absolute Gasteiger partial charge is 0.484 e. The fraction of sp³-hybridized carbons (Fsp3) is 0.231. The minimum Gasteiger partial charge on any atom is -0.484 e. The van der Waals surface area contributed by atoms with Crippen molar-refractivity contribution in [2.24, 2.45) is 5.73 Å². The molecule has 0 spiro atoms. The summed E-state index contributed by atoms with van der Waals surface area (Å²) in [6.07, 6.45) is -0.0400. The highest BCUT2D eigenvalue weighted by atomic mass is 32.1. The molecule has 0 saturated carbocycles. The molecule has 0 bridgehead atoms. The summed E-state index contributed by atoms with van der Waals surface area (Å²) >= 11 is 1.67. The molecular weight excluding hydrogens is 218 g/mol. The van der Waals surface area contributed by atoms with E-state index in [4.69, 9.17) is 10.5 Å². The second-order valence-corrected chi connectivity index (χ2v) is 4.65. The molecule has 0 aliphatic rings. The first-order chi connectivity index (χ1) is 7.79. The van der Waals surface area contributed by atoms with Gasteiger partial charge in [-0.15, -0.1) is 11.3 Å². The van der Waals surface area contributed by atoms with Gasteiger partial charge in [-0.2, -0.15) is 0 Å². The Hall–Kier alpha value is -1.32. The Morgan fingerprint density at radius 3 is 2.81 bits per heavy atom. The summed E-state index contributed by atoms with van der Waals surface area (Å²) in [6, 6.07) is 12.1. The molecule has 3 heteroatoms. The molecule has 84 valence electrons. The van der Waals surface area contributed by atoms with Gasteiger partial charge in [-0.1, -0.05) is 18.2 Å². The lowest BCUT2D eigenvalue weighted by molar-refractivity contribution is 0.218. The maximum Gasteiger partial charge on any atom is 0.145 e. The second-order valence-electron chi connectivity index (χ2n) is 3.67. The van der Waals surface area contributed by atoms with Crippen LogP contribution in [-0.4, -0.2) is 6.54 Å². The minimum atomic E-state index is -0.0400. The van der Waals surface area contributed by atoms with Crippen LogP contribution in [0.1, 0.15) is 16.5 Å². The third-order valence-electron chi connectivity index (χ3n) is 2.34. The maximum atomic E-state index is 5.87. The second kappa shape index (κ2) is 5.14. The summed E-state index contributed by atoms with van der Waals surface area (Å²) in [5.74, 6) is 0.879. The lowest BCUT2D eigenvalue weighted by Gasteiger charge is -2.16. The number of thiophene rings is 1. The van der Waals surface area contributed by atoms with Crippen molar-refractivity contribution in [1.82, 2.24) is 0 Å². The van der Waals surface area contributed by atoms with Crippen molar-refractivity contribution < 1.29 is 4.74 Å². The van der Waals surface area contributed by atoms with Gasteiger partial charge in [0.05, 0.1) is 0 Å². The number of hydrogen-bond donors (Lipinski definition) is 1. The van der Waals surface area contributed by atoms with Crippen molar-refractivity contribution in [3.05, 3.63) is 52.2 Å². The molecule has 0 aliphatic heterocycles. The van der Waals surface area contributed by atoms with Gasteiger partial charge < -0.3 is 10.5 Å². The standard InChI is InChI=1S/C13H15NOS/c1-10-4-2-5-11(8-10)15-12(9-14)13-6-3-7-16-13/h2-8,12H,9,14H2,1H3. The van der Waals surface area contributed by atoms with Crippen molar-refractivity contribution in [2.45, 2.75) is 13.0 Å². The van der Waals surface area contributed by atoms with Crippen LogP contribution >= 0.6 is 11.3 Å². The number of benzene rings is 1. The normalized spacial score (nSPS) is 12.4. The van der Waals surface area contributed by atoms with E-state index < -0.39 is 0 Å². The van der Waals surface area contributed by atoms with Crippen LogP contribution in [0.2, 0.25) is 0 Å². The van der Waals surface area contributed by atoms with Crippen molar-refractivity contribution >= 4 is 11.3 Å². The number of nitrogens with two attached hydrogens (primary N) is 1. The van der Waals surface area contributed by atoms with Crippen LogP contribution in [0.5, 0.6) is 5.75 Å². The number of aryl methyl sites for hydroxylation is 1. The third-order valence-corrected chi connectivity index (χ3v) is 3.31. The lowest BCUT2D eigenvalue weighted by Crippen LogP contribution is -2.17. The zero-order valence-corrected chi connectivity index (χ0v) is 10.0. The lowest BCUT2D eigenvalue weighted by atomic mass is 10.2. The molecule has 1 aromatic heterocycles. The Labute approximate surface area is 99.7 Å². The highest BCUT2D eigenvalue weighted by Gasteiger charge is 2.12. The smallest absolute Gasteiger partial charge is 0.145 e. The molecule has 2 aromatic rings. The van der Waals surface area contributed by atoms with E-state index in [1.54, 1.807) is 11.3 Å². The molecule has 0 fully saturated rings. The zero-order valence-electron chi connectivity index (χ0n) is 9.22. The molecule has 0 radical (unpaired) electrons. The van der Waals surface area contributed by atoms with Crippen molar-refractivity contribution in [3.63, 3.8) is 0 Å². The van der Waals surface area contributed by atoms with E-state index in [1.807, 2.05) is 29.6 Å². The topological polar surface area (TPSA) is 35.2 Å². The highest BCUT2D eigenvalue weighted by Crippen LogP contribution is 2.25. The average molecular weight is 233 g/mol. The predicted molar refractivity (Wildman–Crippen MR) is 67.9 cm³/mol. The first-order valence-corrected chi connectivity index (χ1v) is 6.14. The van der Waals surface area contributed by atoms with E-state index in [2.05, 4.69) is 19.1 Å². The van der Waals surface area contributed by atoms with Gasteiger partial charge in [-0.05, 0) is 36.1 Å². The molecular formula is C13H15NOS. The monoisotopic (exact) mass is 233 g/mol. The van der Waals surface area contributed by atoms with Crippen LogP contribution < -0.4 is 10.5 Å². The van der Waals surface area contributed by atoms with Gasteiger partial charge in [0.25, 0.3) is 0 Å².